The summed E-state index contributed by atoms with van der Waals surface area (Å²) in [5.74, 6) is -1.72. The summed E-state index contributed by atoms with van der Waals surface area (Å²) in [6, 6.07) is 2.92. The quantitative estimate of drug-likeness (QED) is 0.378. The second kappa shape index (κ2) is 10.4. The van der Waals surface area contributed by atoms with Gasteiger partial charge in [-0.3, -0.25) is 14.7 Å². The number of hydrazine groups is 1. The number of rotatable bonds is 3. The molecular weight excluding hydrogens is 475 g/mol. The van der Waals surface area contributed by atoms with Crippen LogP contribution in [0.15, 0.2) is 28.1 Å². The fourth-order valence-electron chi connectivity index (χ4n) is 3.95. The fourth-order valence-corrected chi connectivity index (χ4v) is 4.86. The number of benzene rings is 1. The van der Waals surface area contributed by atoms with E-state index in [1.165, 1.54) is 34.9 Å². The van der Waals surface area contributed by atoms with Crippen LogP contribution in [-0.2, 0) is 14.3 Å². The summed E-state index contributed by atoms with van der Waals surface area (Å²) in [6.07, 6.45) is 4.03. The summed E-state index contributed by atoms with van der Waals surface area (Å²) in [7, 11) is 0. The molecule has 0 saturated carbocycles. The highest BCUT2D eigenvalue weighted by Gasteiger charge is 2.38. The van der Waals surface area contributed by atoms with Crippen LogP contribution in [0.3, 0.4) is 0 Å². The topological polar surface area (TPSA) is 101 Å². The van der Waals surface area contributed by atoms with E-state index in [1.54, 1.807) is 20.8 Å². The Morgan fingerprint density at radius 2 is 2.03 bits per heavy atom. The third-order valence-corrected chi connectivity index (χ3v) is 6.58. The Labute approximate surface area is 207 Å². The lowest BCUT2D eigenvalue weighted by atomic mass is 10.1. The Hall–Kier alpha value is -2.92. The number of nitrogens with zero attached hydrogens (tertiary/aromatic N) is 3. The average Bonchev–Trinajstić information content (AvgIpc) is 3.42. The van der Waals surface area contributed by atoms with Gasteiger partial charge in [-0.2, -0.15) is 4.99 Å². The second-order valence-electron chi connectivity index (χ2n) is 9.51. The van der Waals surface area contributed by atoms with Gasteiger partial charge in [-0.1, -0.05) is 0 Å². The Morgan fingerprint density at radius 3 is 2.74 bits per heavy atom. The van der Waals surface area contributed by atoms with Crippen LogP contribution in [0.4, 0.5) is 9.18 Å². The van der Waals surface area contributed by atoms with Crippen LogP contribution in [0.5, 0.6) is 5.75 Å². The molecule has 0 spiro atoms. The number of likely N-dealkylation sites (tertiary alicyclic amines) is 1. The lowest BCUT2D eigenvalue weighted by Crippen LogP contribution is -2.45. The van der Waals surface area contributed by atoms with Gasteiger partial charge in [0.15, 0.2) is 5.17 Å². The minimum atomic E-state index is -0.837. The molecule has 11 heteroatoms. The van der Waals surface area contributed by atoms with E-state index in [2.05, 4.69) is 10.4 Å². The van der Waals surface area contributed by atoms with E-state index < -0.39 is 35.4 Å². The van der Waals surface area contributed by atoms with Crippen molar-refractivity contribution in [3.63, 3.8) is 0 Å². The Balaban J connectivity index is 1.50. The molecule has 3 aliphatic heterocycles. The van der Waals surface area contributed by atoms with Crippen molar-refractivity contribution >= 4 is 41.0 Å². The van der Waals surface area contributed by atoms with Crippen LogP contribution in [0.1, 0.15) is 52.0 Å². The van der Waals surface area contributed by atoms with Gasteiger partial charge >= 0.3 is 12.1 Å². The van der Waals surface area contributed by atoms with E-state index in [-0.39, 0.29) is 5.75 Å². The predicted octanol–water partition coefficient (Wildman–Crippen LogP) is 3.70. The molecule has 2 saturated heterocycles. The maximum absolute atomic E-state index is 14.1. The van der Waals surface area contributed by atoms with Crippen molar-refractivity contribution in [2.24, 2.45) is 4.99 Å². The first-order valence-corrected chi connectivity index (χ1v) is 12.5. The summed E-state index contributed by atoms with van der Waals surface area (Å²) < 4.78 is 25.0. The van der Waals surface area contributed by atoms with E-state index in [1.807, 2.05) is 5.01 Å². The number of aliphatic imine (C=N–C) groups is 1. The minimum absolute atomic E-state index is 0.0310. The number of hydrogen-bond donors (Lipinski definition) is 1. The van der Waals surface area contributed by atoms with Crippen LogP contribution in [0, 0.1) is 5.82 Å². The van der Waals surface area contributed by atoms with Gasteiger partial charge in [0.2, 0.25) is 0 Å². The normalized spacial score (nSPS) is 21.9. The zero-order valence-electron chi connectivity index (χ0n) is 20.0. The number of carbonyl (C=O) groups excluding carboxylic acids is 3. The van der Waals surface area contributed by atoms with E-state index in [0.717, 1.165) is 32.0 Å². The van der Waals surface area contributed by atoms with E-state index >= 15 is 0 Å². The first-order chi connectivity index (χ1) is 16.6. The zero-order chi connectivity index (χ0) is 25.2. The molecule has 4 rings (SSSR count). The minimum Gasteiger partial charge on any atom is -0.444 e. The van der Waals surface area contributed by atoms with E-state index in [9.17, 15) is 18.8 Å². The molecule has 0 bridgehead atoms. The van der Waals surface area contributed by atoms with Crippen molar-refractivity contribution in [3.8, 4) is 5.75 Å². The maximum Gasteiger partial charge on any atom is 0.411 e. The first-order valence-electron chi connectivity index (χ1n) is 11.7. The summed E-state index contributed by atoms with van der Waals surface area (Å²) in [6.45, 7) is 7.18. The standard InChI is InChI=1S/C24H29FN4O5S/c1-24(2,3)34-23(32)28-11-6-7-17(28)21(31)33-18-14-16(25)9-8-15(18)13-19-20(30)27-22(35-19)29-12-5-4-10-26-29/h8-9,13-14,17,26H,4-7,10-12H2,1-3H3. The van der Waals surface area contributed by atoms with Gasteiger partial charge in [-0.25, -0.2) is 19.4 Å². The Morgan fingerprint density at radius 1 is 1.23 bits per heavy atom. The molecule has 9 nitrogen and oxygen atoms in total. The van der Waals surface area contributed by atoms with Crippen molar-refractivity contribution in [1.29, 1.82) is 0 Å². The number of esters is 1. The van der Waals surface area contributed by atoms with Gasteiger partial charge in [0.05, 0.1) is 4.91 Å². The Bertz CT molecular complexity index is 1080. The summed E-state index contributed by atoms with van der Waals surface area (Å²) in [5, 5.41) is 2.41. The first kappa shape index (κ1) is 25.2. The zero-order valence-corrected chi connectivity index (χ0v) is 20.8. The number of thioether (sulfide) groups is 1. The van der Waals surface area contributed by atoms with E-state index in [0.29, 0.717) is 35.0 Å². The van der Waals surface area contributed by atoms with Gasteiger partial charge in [0.25, 0.3) is 5.91 Å². The molecule has 1 unspecified atom stereocenters. The molecular formula is C24H29FN4O5S. The lowest BCUT2D eigenvalue weighted by Gasteiger charge is -2.28. The summed E-state index contributed by atoms with van der Waals surface area (Å²) >= 11 is 1.21. The highest BCUT2D eigenvalue weighted by atomic mass is 32.2. The molecule has 1 N–H and O–H groups in total. The number of halogens is 1. The predicted molar refractivity (Wildman–Crippen MR) is 130 cm³/mol. The molecule has 1 atom stereocenters. The van der Waals surface area contributed by atoms with Crippen molar-refractivity contribution in [2.45, 2.75) is 58.1 Å². The van der Waals surface area contributed by atoms with E-state index in [4.69, 9.17) is 9.47 Å². The smallest absolute Gasteiger partial charge is 0.411 e. The SMILES string of the molecule is CC(C)(C)OC(=O)N1CCCC1C(=O)Oc1cc(F)ccc1C=C1SC(N2CCCCN2)=NC1=O. The van der Waals surface area contributed by atoms with Gasteiger partial charge in [-0.05, 0) is 76.4 Å². The maximum atomic E-state index is 14.1. The van der Waals surface area contributed by atoms with Crippen LogP contribution in [0.2, 0.25) is 0 Å². The van der Waals surface area contributed by atoms with Gasteiger partial charge in [-0.15, -0.1) is 0 Å². The molecule has 0 radical (unpaired) electrons. The van der Waals surface area contributed by atoms with Crippen LogP contribution in [-0.4, -0.2) is 64.3 Å². The largest absolute Gasteiger partial charge is 0.444 e. The number of ether oxygens (including phenoxy) is 2. The van der Waals surface area contributed by atoms with Crippen molar-refractivity contribution in [2.75, 3.05) is 19.6 Å². The molecule has 3 aliphatic rings. The number of amides is 2. The van der Waals surface area contributed by atoms with Crippen molar-refractivity contribution < 1.29 is 28.2 Å². The van der Waals surface area contributed by atoms with Crippen LogP contribution in [0.25, 0.3) is 6.08 Å². The molecule has 188 valence electrons. The second-order valence-corrected chi connectivity index (χ2v) is 10.5. The highest BCUT2D eigenvalue weighted by molar-refractivity contribution is 8.18. The van der Waals surface area contributed by atoms with Crippen molar-refractivity contribution in [1.82, 2.24) is 15.3 Å². The molecule has 35 heavy (non-hydrogen) atoms. The van der Waals surface area contributed by atoms with Gasteiger partial charge in [0.1, 0.15) is 23.2 Å². The lowest BCUT2D eigenvalue weighted by molar-refractivity contribution is -0.139. The summed E-state index contributed by atoms with van der Waals surface area (Å²) in [5.41, 5.74) is 2.87. The number of nitrogens with one attached hydrogen (secondary N) is 1. The molecule has 2 fully saturated rings. The Kier molecular flexibility index (Phi) is 7.46. The van der Waals surface area contributed by atoms with Crippen LogP contribution >= 0.6 is 11.8 Å². The monoisotopic (exact) mass is 504 g/mol. The van der Waals surface area contributed by atoms with Crippen LogP contribution < -0.4 is 10.2 Å². The van der Waals surface area contributed by atoms with Crippen molar-refractivity contribution in [3.05, 3.63) is 34.5 Å². The molecule has 0 aliphatic carbocycles. The number of hydrogen-bond acceptors (Lipinski definition) is 8. The fraction of sp³-hybridized carbons (Fsp3) is 0.500. The summed E-state index contributed by atoms with van der Waals surface area (Å²) in [4.78, 5) is 43.8. The number of carbonyl (C=O) groups is 3. The molecule has 2 amide bonds. The number of amidine groups is 1. The molecule has 1 aromatic carbocycles. The average molecular weight is 505 g/mol. The molecule has 0 aromatic heterocycles. The highest BCUT2D eigenvalue weighted by Crippen LogP contribution is 2.33. The third kappa shape index (κ3) is 6.21. The van der Waals surface area contributed by atoms with Gasteiger partial charge < -0.3 is 9.47 Å². The third-order valence-electron chi connectivity index (χ3n) is 5.58. The molecule has 3 heterocycles. The van der Waals surface area contributed by atoms with Gasteiger partial charge in [0, 0.05) is 31.3 Å². The molecule has 1 aromatic rings.